The number of aryl methyl sites for hydroxylation is 1. The highest BCUT2D eigenvalue weighted by Crippen LogP contribution is 2.27. The van der Waals surface area contributed by atoms with Gasteiger partial charge in [0.15, 0.2) is 11.3 Å². The number of unbranched alkanes of at least 4 members (excludes halogenated alkanes) is 3. The molecule has 1 fully saturated rings. The molecule has 0 radical (unpaired) electrons. The van der Waals surface area contributed by atoms with E-state index in [1.165, 1.54) is 24.8 Å². The maximum atomic E-state index is 12.9. The fraction of sp³-hybridized carbons (Fsp3) is 0.391. The Kier molecular flexibility index (Phi) is 6.42. The van der Waals surface area contributed by atoms with Crippen molar-refractivity contribution in [1.29, 1.82) is 0 Å². The molecule has 1 unspecified atom stereocenters. The fourth-order valence-electron chi connectivity index (χ4n) is 3.52. The topological polar surface area (TPSA) is 79.4 Å². The Morgan fingerprint density at radius 3 is 2.48 bits per heavy atom. The Labute approximate surface area is 171 Å². The third-order valence-electron chi connectivity index (χ3n) is 5.35. The van der Waals surface area contributed by atoms with E-state index < -0.39 is 17.5 Å². The summed E-state index contributed by atoms with van der Waals surface area (Å²) in [6.07, 6.45) is 7.34. The standard InChI is InChI=1S/C23H27N3O3/c1-3-4-5-6-9-17-11-13-18(14-12-17)19(27)16-26-21(28)23(2,25-22(26)29)20-10-7-8-15-24-20/h7-8,10-15H,3-6,9,16H2,1-2H3,(H,25,29). The highest BCUT2D eigenvalue weighted by atomic mass is 16.2. The third-order valence-corrected chi connectivity index (χ3v) is 5.35. The summed E-state index contributed by atoms with van der Waals surface area (Å²) in [6.45, 7) is 3.50. The minimum Gasteiger partial charge on any atom is -0.318 e. The molecule has 152 valence electrons. The number of carbonyl (C=O) groups excluding carboxylic acids is 3. The van der Waals surface area contributed by atoms with Gasteiger partial charge in [0.05, 0.1) is 12.2 Å². The monoisotopic (exact) mass is 393 g/mol. The molecule has 1 aliphatic heterocycles. The molecule has 29 heavy (non-hydrogen) atoms. The van der Waals surface area contributed by atoms with Crippen molar-refractivity contribution in [1.82, 2.24) is 15.2 Å². The van der Waals surface area contributed by atoms with E-state index in [0.29, 0.717) is 11.3 Å². The van der Waals surface area contributed by atoms with Gasteiger partial charge in [0.25, 0.3) is 5.91 Å². The molecule has 3 rings (SSSR count). The molecule has 0 saturated carbocycles. The van der Waals surface area contributed by atoms with Gasteiger partial charge in [0, 0.05) is 11.8 Å². The average molecular weight is 393 g/mol. The number of aromatic nitrogens is 1. The van der Waals surface area contributed by atoms with E-state index in [0.717, 1.165) is 17.7 Å². The number of Topliss-reactive ketones (excluding diaryl/α,β-unsaturated/α-hetero) is 1. The van der Waals surface area contributed by atoms with Gasteiger partial charge in [-0.2, -0.15) is 0 Å². The quantitative estimate of drug-likeness (QED) is 0.399. The maximum absolute atomic E-state index is 12.9. The minimum absolute atomic E-state index is 0.267. The number of pyridine rings is 1. The first-order valence-corrected chi connectivity index (χ1v) is 10.1. The number of rotatable bonds is 9. The molecule has 2 heterocycles. The largest absolute Gasteiger partial charge is 0.325 e. The van der Waals surface area contributed by atoms with Crippen molar-refractivity contribution in [3.8, 4) is 0 Å². The molecule has 1 atom stereocenters. The predicted molar refractivity (Wildman–Crippen MR) is 110 cm³/mol. The van der Waals surface area contributed by atoms with Gasteiger partial charge in [-0.3, -0.25) is 19.5 Å². The van der Waals surface area contributed by atoms with Crippen molar-refractivity contribution in [2.45, 2.75) is 51.5 Å². The zero-order chi connectivity index (χ0) is 20.9. The fourth-order valence-corrected chi connectivity index (χ4v) is 3.52. The molecule has 0 aliphatic carbocycles. The van der Waals surface area contributed by atoms with Crippen LogP contribution in [0, 0.1) is 0 Å². The summed E-state index contributed by atoms with van der Waals surface area (Å²) in [5.41, 5.74) is 0.867. The molecule has 0 spiro atoms. The van der Waals surface area contributed by atoms with Crippen LogP contribution in [0.15, 0.2) is 48.7 Å². The molecule has 1 aliphatic rings. The van der Waals surface area contributed by atoms with E-state index in [9.17, 15) is 14.4 Å². The number of hydrogen-bond acceptors (Lipinski definition) is 4. The van der Waals surface area contributed by atoms with Crippen molar-refractivity contribution in [3.63, 3.8) is 0 Å². The molecule has 1 aromatic carbocycles. The van der Waals surface area contributed by atoms with E-state index in [1.54, 1.807) is 43.5 Å². The van der Waals surface area contributed by atoms with Crippen LogP contribution >= 0.6 is 0 Å². The van der Waals surface area contributed by atoms with E-state index in [-0.39, 0.29) is 12.3 Å². The van der Waals surface area contributed by atoms with Gasteiger partial charge in [0.2, 0.25) is 0 Å². The summed E-state index contributed by atoms with van der Waals surface area (Å²) in [6, 6.07) is 12.0. The zero-order valence-corrected chi connectivity index (χ0v) is 17.0. The molecule has 2 aromatic rings. The lowest BCUT2D eigenvalue weighted by molar-refractivity contribution is -0.130. The van der Waals surface area contributed by atoms with Crippen LogP contribution < -0.4 is 5.32 Å². The average Bonchev–Trinajstić information content (AvgIpc) is 2.96. The molecule has 0 bridgehead atoms. The van der Waals surface area contributed by atoms with Crippen LogP contribution in [0.1, 0.15) is 61.1 Å². The first kappa shape index (κ1) is 20.7. The Morgan fingerprint density at radius 2 is 1.83 bits per heavy atom. The second kappa shape index (κ2) is 8.99. The molecule has 3 amide bonds. The maximum Gasteiger partial charge on any atom is 0.325 e. The SMILES string of the molecule is CCCCCCc1ccc(C(=O)CN2C(=O)NC(C)(c3ccccn3)C2=O)cc1. The van der Waals surface area contributed by atoms with Crippen LogP contribution in [0.25, 0.3) is 0 Å². The first-order valence-electron chi connectivity index (χ1n) is 10.1. The number of carbonyl (C=O) groups is 3. The van der Waals surface area contributed by atoms with Crippen molar-refractivity contribution in [2.75, 3.05) is 6.54 Å². The predicted octanol–water partition coefficient (Wildman–Crippen LogP) is 3.85. The Morgan fingerprint density at radius 1 is 1.07 bits per heavy atom. The van der Waals surface area contributed by atoms with Crippen molar-refractivity contribution in [3.05, 3.63) is 65.5 Å². The Balaban J connectivity index is 1.64. The van der Waals surface area contributed by atoms with Gasteiger partial charge >= 0.3 is 6.03 Å². The van der Waals surface area contributed by atoms with Crippen LogP contribution in [-0.2, 0) is 16.8 Å². The van der Waals surface area contributed by atoms with Gasteiger partial charge < -0.3 is 5.32 Å². The van der Waals surface area contributed by atoms with E-state index in [2.05, 4.69) is 17.2 Å². The number of urea groups is 1. The summed E-state index contributed by atoms with van der Waals surface area (Å²) in [5.74, 6) is -0.738. The molecule has 6 nitrogen and oxygen atoms in total. The van der Waals surface area contributed by atoms with E-state index >= 15 is 0 Å². The number of hydrogen-bond donors (Lipinski definition) is 1. The normalized spacial score (nSPS) is 18.8. The van der Waals surface area contributed by atoms with Crippen molar-refractivity contribution < 1.29 is 14.4 Å². The number of imide groups is 1. The molecule has 1 aromatic heterocycles. The molecule has 1 saturated heterocycles. The summed E-state index contributed by atoms with van der Waals surface area (Å²) in [7, 11) is 0. The van der Waals surface area contributed by atoms with Crippen LogP contribution in [0.3, 0.4) is 0 Å². The molecular weight excluding hydrogens is 366 g/mol. The molecular formula is C23H27N3O3. The lowest BCUT2D eigenvalue weighted by atomic mass is 9.97. The van der Waals surface area contributed by atoms with Crippen LogP contribution in [-0.4, -0.2) is 34.2 Å². The Hall–Kier alpha value is -3.02. The second-order valence-electron chi connectivity index (χ2n) is 7.59. The van der Waals surface area contributed by atoms with Crippen molar-refractivity contribution >= 4 is 17.7 Å². The summed E-state index contributed by atoms with van der Waals surface area (Å²) in [5, 5.41) is 2.67. The summed E-state index contributed by atoms with van der Waals surface area (Å²) in [4.78, 5) is 43.1. The summed E-state index contributed by atoms with van der Waals surface area (Å²) >= 11 is 0. The number of benzene rings is 1. The lowest BCUT2D eigenvalue weighted by Crippen LogP contribution is -2.42. The van der Waals surface area contributed by atoms with Crippen LogP contribution in [0.4, 0.5) is 4.79 Å². The van der Waals surface area contributed by atoms with Crippen molar-refractivity contribution in [2.24, 2.45) is 0 Å². The van der Waals surface area contributed by atoms with Gasteiger partial charge in [-0.15, -0.1) is 0 Å². The molecule has 6 heteroatoms. The number of amides is 3. The zero-order valence-electron chi connectivity index (χ0n) is 17.0. The summed E-state index contributed by atoms with van der Waals surface area (Å²) < 4.78 is 0. The number of nitrogens with zero attached hydrogens (tertiary/aromatic N) is 2. The minimum atomic E-state index is -1.26. The number of ketones is 1. The first-order chi connectivity index (χ1) is 14.0. The number of nitrogens with one attached hydrogen (secondary N) is 1. The van der Waals surface area contributed by atoms with E-state index in [1.807, 2.05) is 12.1 Å². The highest BCUT2D eigenvalue weighted by molar-refractivity contribution is 6.11. The lowest BCUT2D eigenvalue weighted by Gasteiger charge is -2.20. The molecule has 1 N–H and O–H groups in total. The smallest absolute Gasteiger partial charge is 0.318 e. The van der Waals surface area contributed by atoms with Gasteiger partial charge in [-0.05, 0) is 37.5 Å². The highest BCUT2D eigenvalue weighted by Gasteiger charge is 2.50. The Bertz CT molecular complexity index is 880. The second-order valence-corrected chi connectivity index (χ2v) is 7.59. The van der Waals surface area contributed by atoms with Crippen LogP contribution in [0.2, 0.25) is 0 Å². The van der Waals surface area contributed by atoms with Crippen LogP contribution in [0.5, 0.6) is 0 Å². The van der Waals surface area contributed by atoms with Gasteiger partial charge in [0.1, 0.15) is 0 Å². The van der Waals surface area contributed by atoms with Gasteiger partial charge in [-0.1, -0.05) is 56.5 Å². The van der Waals surface area contributed by atoms with Gasteiger partial charge in [-0.25, -0.2) is 4.79 Å². The third kappa shape index (κ3) is 4.53. The van der Waals surface area contributed by atoms with E-state index in [4.69, 9.17) is 0 Å².